The van der Waals surface area contributed by atoms with Crippen LogP contribution in [0.2, 0.25) is 15.1 Å². The zero-order valence-electron chi connectivity index (χ0n) is 16.9. The second-order valence-electron chi connectivity index (χ2n) is 6.69. The number of oxime groups is 1. The van der Waals surface area contributed by atoms with Gasteiger partial charge in [-0.1, -0.05) is 52.1 Å². The summed E-state index contributed by atoms with van der Waals surface area (Å²) in [7, 11) is 1.16. The zero-order valence-corrected chi connectivity index (χ0v) is 19.1. The first-order valence-electron chi connectivity index (χ1n) is 9.05. The molecule has 0 heterocycles. The molecular weight excluding hydrogens is 538 g/mol. The fraction of sp³-hybridized carbons (Fsp3) is 0.238. The number of nitrogens with zero attached hydrogens (tertiary/aromatic N) is 1. The minimum absolute atomic E-state index is 0.0815. The first-order valence-corrected chi connectivity index (χ1v) is 10.2. The first-order chi connectivity index (χ1) is 15.7. The van der Waals surface area contributed by atoms with Gasteiger partial charge in [-0.25, -0.2) is 4.39 Å². The Balaban J connectivity index is 2.57. The predicted octanol–water partition coefficient (Wildman–Crippen LogP) is 8.53. The maximum Gasteiger partial charge on any atom is 0.417 e. The molecule has 0 aliphatic heterocycles. The molecule has 0 saturated carbocycles. The lowest BCUT2D eigenvalue weighted by atomic mass is 9.94. The molecule has 1 atom stereocenters. The number of carbonyl (C=O) groups is 1. The smallest absolute Gasteiger partial charge is 0.399 e. The Kier molecular flexibility index (Phi) is 9.01. The van der Waals surface area contributed by atoms with Crippen molar-refractivity contribution >= 4 is 52.6 Å². The molecule has 2 rings (SSSR count). The number of hydrogen-bond acceptors (Lipinski definition) is 3. The second-order valence-corrected chi connectivity index (χ2v) is 7.88. The number of halogens is 10. The van der Waals surface area contributed by atoms with E-state index in [9.17, 15) is 35.5 Å². The number of carbonyl (C=O) groups excluding carboxylic acids is 1. The van der Waals surface area contributed by atoms with E-state index in [1.807, 2.05) is 0 Å². The highest BCUT2D eigenvalue weighted by Gasteiger charge is 2.41. The standard InChI is InChI=1S/C21H13Cl3F7NO2/c1-34-32-5-4-18(33)12-3-2-10(6-14(12)21(29,30)31)17(25)9-13(20(26,27)28)11-7-15(22)19(24)16(23)8-11/h2-3,5-9,13H,4H2,1H3/b17-9-,32-5-. The van der Waals surface area contributed by atoms with E-state index in [1.54, 1.807) is 0 Å². The monoisotopic (exact) mass is 549 g/mol. The van der Waals surface area contributed by atoms with E-state index < -0.39 is 58.6 Å². The van der Waals surface area contributed by atoms with Crippen LogP contribution in [0.5, 0.6) is 0 Å². The third-order valence-electron chi connectivity index (χ3n) is 4.39. The molecule has 3 nitrogen and oxygen atoms in total. The van der Waals surface area contributed by atoms with Crippen molar-refractivity contribution in [2.45, 2.75) is 24.7 Å². The predicted molar refractivity (Wildman–Crippen MR) is 115 cm³/mol. The molecule has 0 spiro atoms. The normalized spacial score (nSPS) is 13.9. The van der Waals surface area contributed by atoms with Gasteiger partial charge in [-0.15, -0.1) is 0 Å². The van der Waals surface area contributed by atoms with E-state index in [-0.39, 0.29) is 27.2 Å². The molecule has 0 radical (unpaired) electrons. The highest BCUT2D eigenvalue weighted by atomic mass is 35.5. The Morgan fingerprint density at radius 1 is 1.06 bits per heavy atom. The molecular formula is C21H13Cl3F7NO2. The molecule has 34 heavy (non-hydrogen) atoms. The minimum Gasteiger partial charge on any atom is -0.399 e. The molecule has 0 aliphatic carbocycles. The van der Waals surface area contributed by atoms with E-state index in [1.165, 1.54) is 0 Å². The highest BCUT2D eigenvalue weighted by molar-refractivity contribution is 6.48. The lowest BCUT2D eigenvalue weighted by Crippen LogP contribution is -2.19. The number of allylic oxidation sites excluding steroid dienone is 1. The van der Waals surface area contributed by atoms with Crippen molar-refractivity contribution in [2.24, 2.45) is 5.16 Å². The Hall–Kier alpha value is -2.30. The van der Waals surface area contributed by atoms with Gasteiger partial charge in [-0.05, 0) is 29.8 Å². The largest absolute Gasteiger partial charge is 0.417 e. The number of ketones is 1. The molecule has 0 fully saturated rings. The number of hydrogen-bond donors (Lipinski definition) is 0. The van der Waals surface area contributed by atoms with Crippen molar-refractivity contribution in [1.29, 1.82) is 0 Å². The molecule has 0 aromatic heterocycles. The second kappa shape index (κ2) is 11.0. The molecule has 0 aliphatic rings. The van der Waals surface area contributed by atoms with Crippen LogP contribution in [0.3, 0.4) is 0 Å². The van der Waals surface area contributed by atoms with Crippen LogP contribution in [-0.2, 0) is 11.0 Å². The van der Waals surface area contributed by atoms with Gasteiger partial charge < -0.3 is 4.84 Å². The molecule has 0 bridgehead atoms. The van der Waals surface area contributed by atoms with Gasteiger partial charge >= 0.3 is 12.4 Å². The van der Waals surface area contributed by atoms with Gasteiger partial charge in [-0.2, -0.15) is 26.3 Å². The highest BCUT2D eigenvalue weighted by Crippen LogP contribution is 2.42. The van der Waals surface area contributed by atoms with Gasteiger partial charge in [0.15, 0.2) is 5.78 Å². The minimum atomic E-state index is -5.10. The average molecular weight is 551 g/mol. The molecule has 13 heteroatoms. The average Bonchev–Trinajstić information content (AvgIpc) is 2.73. The SMILES string of the molecule is CO/N=C\CC(=O)c1ccc(/C(F)=C/C(c2cc(Cl)c(Cl)c(Cl)c2)C(F)(F)F)cc1C(F)(F)F. The Morgan fingerprint density at radius 3 is 2.15 bits per heavy atom. The lowest BCUT2D eigenvalue weighted by molar-refractivity contribution is -0.140. The topological polar surface area (TPSA) is 38.7 Å². The van der Waals surface area contributed by atoms with Crippen LogP contribution < -0.4 is 0 Å². The number of alkyl halides is 6. The van der Waals surface area contributed by atoms with Crippen LogP contribution in [0.1, 0.15) is 39.4 Å². The summed E-state index contributed by atoms with van der Waals surface area (Å²) in [5.74, 6) is -5.24. The van der Waals surface area contributed by atoms with Crippen LogP contribution in [0.4, 0.5) is 30.7 Å². The Bertz CT molecular complexity index is 1110. The molecule has 184 valence electrons. The van der Waals surface area contributed by atoms with Crippen molar-refractivity contribution in [3.8, 4) is 0 Å². The Morgan fingerprint density at radius 2 is 1.65 bits per heavy atom. The van der Waals surface area contributed by atoms with Crippen molar-refractivity contribution in [3.05, 3.63) is 73.7 Å². The maximum atomic E-state index is 14.8. The summed E-state index contributed by atoms with van der Waals surface area (Å²) in [5, 5.41) is 2.37. The van der Waals surface area contributed by atoms with Crippen LogP contribution in [0.25, 0.3) is 5.83 Å². The molecule has 0 N–H and O–H groups in total. The van der Waals surface area contributed by atoms with Crippen molar-refractivity contribution in [2.75, 3.05) is 7.11 Å². The van der Waals surface area contributed by atoms with Gasteiger partial charge in [0.1, 0.15) is 18.9 Å². The zero-order chi connectivity index (χ0) is 25.8. The van der Waals surface area contributed by atoms with Crippen LogP contribution in [0.15, 0.2) is 41.6 Å². The van der Waals surface area contributed by atoms with E-state index in [4.69, 9.17) is 34.8 Å². The summed E-state index contributed by atoms with van der Waals surface area (Å²) in [6, 6.07) is 3.33. The third kappa shape index (κ3) is 6.86. The van der Waals surface area contributed by atoms with Gasteiger partial charge in [0.05, 0.1) is 26.8 Å². The third-order valence-corrected chi connectivity index (χ3v) is 5.59. The molecule has 2 aromatic rings. The van der Waals surface area contributed by atoms with E-state index in [0.717, 1.165) is 31.5 Å². The summed E-state index contributed by atoms with van der Waals surface area (Å²) in [5.41, 5.74) is -3.74. The quantitative estimate of drug-likeness (QED) is 0.114. The fourth-order valence-electron chi connectivity index (χ4n) is 2.85. The van der Waals surface area contributed by atoms with E-state index in [0.29, 0.717) is 6.07 Å². The molecule has 1 unspecified atom stereocenters. The first kappa shape index (κ1) is 27.9. The van der Waals surface area contributed by atoms with E-state index >= 15 is 0 Å². The summed E-state index contributed by atoms with van der Waals surface area (Å²) < 4.78 is 96.3. The van der Waals surface area contributed by atoms with Crippen LogP contribution >= 0.6 is 34.8 Å². The van der Waals surface area contributed by atoms with Gasteiger partial charge in [0, 0.05) is 17.5 Å². The van der Waals surface area contributed by atoms with Gasteiger partial charge in [0.2, 0.25) is 0 Å². The van der Waals surface area contributed by atoms with E-state index in [2.05, 4.69) is 9.99 Å². The number of rotatable bonds is 7. The number of Topliss-reactive ketones (excluding diaryl/α,β-unsaturated/α-hetero) is 1. The molecule has 0 amide bonds. The fourth-order valence-corrected chi connectivity index (χ4v) is 3.47. The molecule has 0 saturated heterocycles. The van der Waals surface area contributed by atoms with Crippen LogP contribution in [-0.4, -0.2) is 25.3 Å². The number of benzene rings is 2. The van der Waals surface area contributed by atoms with Crippen molar-refractivity contribution in [1.82, 2.24) is 0 Å². The summed E-state index contributed by atoms with van der Waals surface area (Å²) in [4.78, 5) is 16.4. The van der Waals surface area contributed by atoms with Gasteiger partial charge in [-0.3, -0.25) is 4.79 Å². The molecule has 2 aromatic carbocycles. The lowest BCUT2D eigenvalue weighted by Gasteiger charge is -2.19. The Labute approximate surface area is 203 Å². The maximum absolute atomic E-state index is 14.8. The van der Waals surface area contributed by atoms with Gasteiger partial charge in [0.25, 0.3) is 0 Å². The summed E-state index contributed by atoms with van der Waals surface area (Å²) >= 11 is 17.2. The van der Waals surface area contributed by atoms with Crippen LogP contribution in [0, 0.1) is 0 Å². The summed E-state index contributed by atoms with van der Waals surface area (Å²) in [6.07, 6.45) is -9.70. The summed E-state index contributed by atoms with van der Waals surface area (Å²) in [6.45, 7) is 0. The van der Waals surface area contributed by atoms with Crippen molar-refractivity contribution < 1.29 is 40.4 Å². The van der Waals surface area contributed by atoms with Crippen molar-refractivity contribution in [3.63, 3.8) is 0 Å².